The second kappa shape index (κ2) is 7.46. The van der Waals surface area contributed by atoms with Crippen LogP contribution in [0.1, 0.15) is 43.6 Å². The maximum atomic E-state index is 12.6. The average molecular weight is 381 g/mol. The molecule has 2 aromatic carbocycles. The van der Waals surface area contributed by atoms with E-state index in [4.69, 9.17) is 9.15 Å². The number of aromatic nitrogens is 1. The highest BCUT2D eigenvalue weighted by atomic mass is 16.5. The topological polar surface area (TPSA) is 78.5 Å². The van der Waals surface area contributed by atoms with Gasteiger partial charge in [-0.05, 0) is 30.0 Å². The van der Waals surface area contributed by atoms with Crippen molar-refractivity contribution in [2.24, 2.45) is 0 Å². The van der Waals surface area contributed by atoms with Gasteiger partial charge in [-0.1, -0.05) is 57.2 Å². The van der Waals surface area contributed by atoms with Crippen LogP contribution in [0.25, 0.3) is 11.1 Å². The fourth-order valence-corrected chi connectivity index (χ4v) is 2.95. The molecule has 0 saturated heterocycles. The molecule has 6 nitrogen and oxygen atoms in total. The van der Waals surface area contributed by atoms with Crippen LogP contribution in [0.2, 0.25) is 0 Å². The Morgan fingerprint density at radius 3 is 2.36 bits per heavy atom. The van der Waals surface area contributed by atoms with Crippen molar-refractivity contribution in [3.05, 3.63) is 70.2 Å². The summed E-state index contributed by atoms with van der Waals surface area (Å²) in [6.07, 6.45) is -0.957. The van der Waals surface area contributed by atoms with E-state index in [0.29, 0.717) is 16.7 Å². The van der Waals surface area contributed by atoms with E-state index >= 15 is 0 Å². The van der Waals surface area contributed by atoms with Crippen molar-refractivity contribution in [1.29, 1.82) is 0 Å². The van der Waals surface area contributed by atoms with Crippen molar-refractivity contribution in [3.8, 4) is 0 Å². The van der Waals surface area contributed by atoms with Crippen molar-refractivity contribution in [2.45, 2.75) is 45.8 Å². The van der Waals surface area contributed by atoms with Gasteiger partial charge in [0.2, 0.25) is 5.78 Å². The third-order valence-corrected chi connectivity index (χ3v) is 4.57. The normalized spacial score (nSPS) is 12.7. The summed E-state index contributed by atoms with van der Waals surface area (Å²) in [5.74, 6) is -1.62. The smallest absolute Gasteiger partial charge is 0.420 e. The number of Topliss-reactive ketones (excluding diaryl/α,β-unsaturated/α-hetero) is 1. The van der Waals surface area contributed by atoms with Gasteiger partial charge in [0, 0.05) is 5.56 Å². The maximum absolute atomic E-state index is 12.6. The number of rotatable bonds is 5. The van der Waals surface area contributed by atoms with Crippen molar-refractivity contribution < 1.29 is 18.7 Å². The molecule has 3 aromatic rings. The lowest BCUT2D eigenvalue weighted by Gasteiger charge is -2.19. The van der Waals surface area contributed by atoms with E-state index in [1.54, 1.807) is 36.4 Å². The molecule has 3 rings (SSSR count). The lowest BCUT2D eigenvalue weighted by Crippen LogP contribution is -2.28. The van der Waals surface area contributed by atoms with Crippen LogP contribution in [-0.2, 0) is 21.5 Å². The van der Waals surface area contributed by atoms with Crippen LogP contribution < -0.4 is 5.76 Å². The Balaban J connectivity index is 1.69. The predicted molar refractivity (Wildman–Crippen MR) is 106 cm³/mol. The Labute approximate surface area is 162 Å². The number of ether oxygens (including phenoxy) is 1. The largest absolute Gasteiger partial charge is 0.453 e. The molecule has 0 aliphatic heterocycles. The summed E-state index contributed by atoms with van der Waals surface area (Å²) >= 11 is 0. The molecule has 146 valence electrons. The van der Waals surface area contributed by atoms with Crippen LogP contribution in [0.5, 0.6) is 0 Å². The van der Waals surface area contributed by atoms with E-state index in [1.165, 1.54) is 11.5 Å². The number of para-hydroxylation sites is 2. The van der Waals surface area contributed by atoms with Gasteiger partial charge in [0.05, 0.1) is 5.52 Å². The zero-order chi connectivity index (χ0) is 20.5. The molecule has 28 heavy (non-hydrogen) atoms. The molecule has 0 unspecified atom stereocenters. The number of esters is 1. The first-order valence-electron chi connectivity index (χ1n) is 9.09. The number of fused-ring (bicyclic) bond motifs is 1. The standard InChI is InChI=1S/C22H23NO5/c1-14(20(25)15-9-11-16(12-10-15)22(2,3)4)27-19(24)13-23-17-7-5-6-8-18(17)28-21(23)26/h5-12,14H,13H2,1-4H3/t14-/m0/s1. The predicted octanol–water partition coefficient (Wildman–Crippen LogP) is 3.71. The van der Waals surface area contributed by atoms with E-state index in [-0.39, 0.29) is 17.7 Å². The Morgan fingerprint density at radius 2 is 1.71 bits per heavy atom. The quantitative estimate of drug-likeness (QED) is 0.497. The van der Waals surface area contributed by atoms with Crippen molar-refractivity contribution in [1.82, 2.24) is 4.57 Å². The first kappa shape index (κ1) is 19.6. The van der Waals surface area contributed by atoms with Crippen molar-refractivity contribution in [3.63, 3.8) is 0 Å². The van der Waals surface area contributed by atoms with E-state index in [2.05, 4.69) is 20.8 Å². The van der Waals surface area contributed by atoms with E-state index in [0.717, 1.165) is 5.56 Å². The fraction of sp³-hybridized carbons (Fsp3) is 0.318. The highest BCUT2D eigenvalue weighted by molar-refractivity contribution is 6.00. The third kappa shape index (κ3) is 4.06. The summed E-state index contributed by atoms with van der Waals surface area (Å²) in [6.45, 7) is 7.48. The van der Waals surface area contributed by atoms with Gasteiger partial charge in [-0.2, -0.15) is 0 Å². The summed E-state index contributed by atoms with van der Waals surface area (Å²) in [5.41, 5.74) is 2.46. The number of hydrogen-bond acceptors (Lipinski definition) is 5. The van der Waals surface area contributed by atoms with Gasteiger partial charge in [0.15, 0.2) is 11.7 Å². The van der Waals surface area contributed by atoms with Crippen LogP contribution in [0.3, 0.4) is 0 Å². The van der Waals surface area contributed by atoms with E-state index in [9.17, 15) is 14.4 Å². The molecule has 1 heterocycles. The molecule has 6 heteroatoms. The summed E-state index contributed by atoms with van der Waals surface area (Å²) < 4.78 is 11.5. The molecule has 0 amide bonds. The maximum Gasteiger partial charge on any atom is 0.420 e. The van der Waals surface area contributed by atoms with Crippen LogP contribution >= 0.6 is 0 Å². The SMILES string of the molecule is C[C@H](OC(=O)Cn1c(=O)oc2ccccc21)C(=O)c1ccc(C(C)(C)C)cc1. The number of oxazole rings is 1. The van der Waals surface area contributed by atoms with Gasteiger partial charge in [-0.25, -0.2) is 4.79 Å². The average Bonchev–Trinajstić information content (AvgIpc) is 2.96. The molecule has 0 N–H and O–H groups in total. The number of carbonyl (C=O) groups excluding carboxylic acids is 2. The summed E-state index contributed by atoms with van der Waals surface area (Å²) in [7, 11) is 0. The highest BCUT2D eigenvalue weighted by Gasteiger charge is 2.22. The van der Waals surface area contributed by atoms with Crippen LogP contribution in [0, 0.1) is 0 Å². The number of carbonyl (C=O) groups is 2. The van der Waals surface area contributed by atoms with Crippen molar-refractivity contribution in [2.75, 3.05) is 0 Å². The molecule has 0 spiro atoms. The van der Waals surface area contributed by atoms with E-state index in [1.807, 2.05) is 12.1 Å². The second-order valence-electron chi connectivity index (χ2n) is 7.75. The highest BCUT2D eigenvalue weighted by Crippen LogP contribution is 2.22. The minimum absolute atomic E-state index is 0.0136. The molecular weight excluding hydrogens is 358 g/mol. The number of nitrogens with zero attached hydrogens (tertiary/aromatic N) is 1. The van der Waals surface area contributed by atoms with Crippen LogP contribution in [-0.4, -0.2) is 22.4 Å². The van der Waals surface area contributed by atoms with Gasteiger partial charge in [-0.15, -0.1) is 0 Å². The van der Waals surface area contributed by atoms with Gasteiger partial charge in [0.25, 0.3) is 0 Å². The van der Waals surface area contributed by atoms with Crippen molar-refractivity contribution >= 4 is 22.9 Å². The minimum atomic E-state index is -0.957. The van der Waals surface area contributed by atoms with Gasteiger partial charge in [0.1, 0.15) is 6.54 Å². The molecule has 1 atom stereocenters. The second-order valence-corrected chi connectivity index (χ2v) is 7.75. The zero-order valence-electron chi connectivity index (χ0n) is 16.4. The van der Waals surface area contributed by atoms with Crippen LogP contribution in [0.4, 0.5) is 0 Å². The summed E-state index contributed by atoms with van der Waals surface area (Å²) in [6, 6.07) is 14.1. The third-order valence-electron chi connectivity index (χ3n) is 4.57. The lowest BCUT2D eigenvalue weighted by molar-refractivity contribution is -0.147. The molecule has 1 aromatic heterocycles. The molecule has 0 aliphatic rings. The Morgan fingerprint density at radius 1 is 1.07 bits per heavy atom. The summed E-state index contributed by atoms with van der Waals surface area (Å²) in [5, 5.41) is 0. The lowest BCUT2D eigenvalue weighted by atomic mass is 9.86. The van der Waals surface area contributed by atoms with Gasteiger partial charge in [-0.3, -0.25) is 14.2 Å². The Kier molecular flexibility index (Phi) is 5.23. The minimum Gasteiger partial charge on any atom is -0.453 e. The molecule has 0 radical (unpaired) electrons. The monoisotopic (exact) mass is 381 g/mol. The first-order chi connectivity index (χ1) is 13.2. The molecule has 0 saturated carbocycles. The van der Waals surface area contributed by atoms with Gasteiger partial charge < -0.3 is 9.15 Å². The molecule has 0 aliphatic carbocycles. The number of benzene rings is 2. The molecular formula is C22H23NO5. The number of hydrogen-bond donors (Lipinski definition) is 0. The number of ketones is 1. The molecule has 0 bridgehead atoms. The Bertz CT molecular complexity index is 1070. The fourth-order valence-electron chi connectivity index (χ4n) is 2.95. The molecule has 0 fully saturated rings. The van der Waals surface area contributed by atoms with Crippen LogP contribution in [0.15, 0.2) is 57.7 Å². The Hall–Kier alpha value is -3.15. The van der Waals surface area contributed by atoms with Gasteiger partial charge >= 0.3 is 11.7 Å². The first-order valence-corrected chi connectivity index (χ1v) is 9.09. The summed E-state index contributed by atoms with van der Waals surface area (Å²) in [4.78, 5) is 36.8. The van der Waals surface area contributed by atoms with E-state index < -0.39 is 17.8 Å². The zero-order valence-corrected chi connectivity index (χ0v) is 16.4.